The van der Waals surface area contributed by atoms with Crippen LogP contribution >= 0.6 is 0 Å². The molecule has 3 rings (SSSR count). The van der Waals surface area contributed by atoms with Crippen LogP contribution in [0.15, 0.2) is 45.6 Å². The number of aryl methyl sites for hydroxylation is 1. The predicted octanol–water partition coefficient (Wildman–Crippen LogP) is 4.03. The van der Waals surface area contributed by atoms with Crippen molar-refractivity contribution in [1.29, 1.82) is 0 Å². The lowest BCUT2D eigenvalue weighted by molar-refractivity contribution is -0.385. The molecule has 1 heterocycles. The van der Waals surface area contributed by atoms with E-state index in [0.29, 0.717) is 16.5 Å². The Morgan fingerprint density at radius 2 is 1.90 bits per heavy atom. The first-order valence-electron chi connectivity index (χ1n) is 9.59. The average molecular weight is 427 g/mol. The molecule has 0 radical (unpaired) electrons. The zero-order chi connectivity index (χ0) is 22.5. The number of fused-ring (bicyclic) bond motifs is 1. The van der Waals surface area contributed by atoms with Crippen molar-refractivity contribution in [2.24, 2.45) is 0 Å². The van der Waals surface area contributed by atoms with Crippen molar-refractivity contribution in [3.63, 3.8) is 0 Å². The molecule has 0 bridgehead atoms. The van der Waals surface area contributed by atoms with Gasteiger partial charge in [-0.2, -0.15) is 0 Å². The van der Waals surface area contributed by atoms with Crippen molar-refractivity contribution >= 4 is 22.6 Å². The van der Waals surface area contributed by atoms with Crippen LogP contribution in [0.4, 0.5) is 5.69 Å². The lowest BCUT2D eigenvalue weighted by Gasteiger charge is -2.12. The third-order valence-electron chi connectivity index (χ3n) is 4.66. The van der Waals surface area contributed by atoms with Gasteiger partial charge in [-0.25, -0.2) is 9.59 Å². The fourth-order valence-corrected chi connectivity index (χ4v) is 3.13. The Kier molecular flexibility index (Phi) is 6.54. The summed E-state index contributed by atoms with van der Waals surface area (Å²) < 4.78 is 21.0. The summed E-state index contributed by atoms with van der Waals surface area (Å²) in [5.41, 5.74) is 0.460. The van der Waals surface area contributed by atoms with E-state index >= 15 is 0 Å². The Balaban J connectivity index is 1.94. The second-order valence-corrected chi connectivity index (χ2v) is 6.56. The summed E-state index contributed by atoms with van der Waals surface area (Å²) in [6.07, 6.45) is 0.766. The Morgan fingerprint density at radius 1 is 1.13 bits per heavy atom. The van der Waals surface area contributed by atoms with Crippen molar-refractivity contribution in [3.05, 3.63) is 73.6 Å². The maximum Gasteiger partial charge on any atom is 0.345 e. The molecule has 0 aliphatic heterocycles. The number of carbonyl (C=O) groups is 1. The number of hydrogen-bond donors (Lipinski definition) is 0. The number of nitro groups is 1. The van der Waals surface area contributed by atoms with Crippen LogP contribution in [0.1, 0.15) is 35.3 Å². The molecule has 0 amide bonds. The van der Waals surface area contributed by atoms with Gasteiger partial charge in [-0.3, -0.25) is 10.1 Å². The molecular weight excluding hydrogens is 406 g/mol. The smallest absolute Gasteiger partial charge is 0.345 e. The Labute approximate surface area is 177 Å². The van der Waals surface area contributed by atoms with Crippen LogP contribution in [0, 0.1) is 10.1 Å². The first-order valence-corrected chi connectivity index (χ1v) is 9.59. The second kappa shape index (κ2) is 9.29. The molecule has 0 spiro atoms. The minimum absolute atomic E-state index is 0.145. The van der Waals surface area contributed by atoms with E-state index in [9.17, 15) is 19.7 Å². The first-order chi connectivity index (χ1) is 14.9. The van der Waals surface area contributed by atoms with Gasteiger partial charge in [0.25, 0.3) is 5.69 Å². The zero-order valence-electron chi connectivity index (χ0n) is 17.3. The number of esters is 1. The highest BCUT2D eigenvalue weighted by Crippen LogP contribution is 2.35. The van der Waals surface area contributed by atoms with Gasteiger partial charge in [0.2, 0.25) is 0 Å². The molecule has 31 heavy (non-hydrogen) atoms. The summed E-state index contributed by atoms with van der Waals surface area (Å²) in [7, 11) is 1.36. The molecule has 0 saturated heterocycles. The van der Waals surface area contributed by atoms with Gasteiger partial charge < -0.3 is 18.6 Å². The van der Waals surface area contributed by atoms with Gasteiger partial charge in [0.1, 0.15) is 17.8 Å². The predicted molar refractivity (Wildman–Crippen MR) is 112 cm³/mol. The topological polar surface area (TPSA) is 118 Å². The summed E-state index contributed by atoms with van der Waals surface area (Å²) in [6, 6.07) is 8.98. The van der Waals surface area contributed by atoms with Crippen LogP contribution in [0.2, 0.25) is 0 Å². The van der Waals surface area contributed by atoms with E-state index in [1.54, 1.807) is 19.1 Å². The lowest BCUT2D eigenvalue weighted by Crippen LogP contribution is -2.11. The van der Waals surface area contributed by atoms with Crippen molar-refractivity contribution in [1.82, 2.24) is 0 Å². The zero-order valence-corrected chi connectivity index (χ0v) is 17.3. The minimum Gasteiger partial charge on any atom is -0.493 e. The lowest BCUT2D eigenvalue weighted by atomic mass is 10.1. The molecule has 9 heteroatoms. The SMILES string of the molecule is CCOc1cc([N+](=O)[O-])c(C(=O)OCc2cc(=O)oc3cc(CC)ccc23)cc1OC. The van der Waals surface area contributed by atoms with E-state index < -0.39 is 22.2 Å². The van der Waals surface area contributed by atoms with E-state index in [2.05, 4.69) is 0 Å². The summed E-state index contributed by atoms with van der Waals surface area (Å²) in [4.78, 5) is 35.4. The van der Waals surface area contributed by atoms with Gasteiger partial charge in [-0.15, -0.1) is 0 Å². The van der Waals surface area contributed by atoms with E-state index in [-0.39, 0.29) is 30.3 Å². The van der Waals surface area contributed by atoms with Crippen LogP contribution in [0.25, 0.3) is 11.0 Å². The largest absolute Gasteiger partial charge is 0.493 e. The van der Waals surface area contributed by atoms with E-state index in [4.69, 9.17) is 18.6 Å². The van der Waals surface area contributed by atoms with E-state index in [1.807, 2.05) is 13.0 Å². The van der Waals surface area contributed by atoms with Crippen LogP contribution in [0.5, 0.6) is 11.5 Å². The molecule has 3 aromatic rings. The molecule has 2 aromatic carbocycles. The Hall–Kier alpha value is -3.88. The van der Waals surface area contributed by atoms with Crippen molar-refractivity contribution in [2.45, 2.75) is 26.9 Å². The summed E-state index contributed by atoms with van der Waals surface area (Å²) in [6.45, 7) is 3.69. The standard InChI is InChI=1S/C22H21NO8/c1-4-13-6-7-15-14(9-21(24)31-18(15)8-13)12-30-22(25)16-10-19(28-3)20(29-5-2)11-17(16)23(26)27/h6-11H,4-5,12H2,1-3H3. The van der Waals surface area contributed by atoms with E-state index in [1.165, 1.54) is 19.2 Å². The molecule has 0 atom stereocenters. The highest BCUT2D eigenvalue weighted by molar-refractivity contribution is 5.95. The van der Waals surface area contributed by atoms with Crippen LogP contribution < -0.4 is 15.1 Å². The highest BCUT2D eigenvalue weighted by Gasteiger charge is 2.26. The maximum absolute atomic E-state index is 12.7. The number of benzene rings is 2. The number of nitrogens with zero attached hydrogens (tertiary/aromatic N) is 1. The molecule has 0 N–H and O–H groups in total. The second-order valence-electron chi connectivity index (χ2n) is 6.56. The number of methoxy groups -OCH3 is 1. The van der Waals surface area contributed by atoms with Gasteiger partial charge in [0.05, 0.1) is 24.7 Å². The third kappa shape index (κ3) is 4.66. The van der Waals surface area contributed by atoms with Gasteiger partial charge in [0.15, 0.2) is 11.5 Å². The number of rotatable bonds is 8. The number of carbonyl (C=O) groups excluding carboxylic acids is 1. The summed E-state index contributed by atoms with van der Waals surface area (Å²) in [5.74, 6) is -0.622. The Morgan fingerprint density at radius 3 is 2.55 bits per heavy atom. The molecule has 9 nitrogen and oxygen atoms in total. The molecule has 0 unspecified atom stereocenters. The fraction of sp³-hybridized carbons (Fsp3) is 0.273. The molecule has 1 aromatic heterocycles. The highest BCUT2D eigenvalue weighted by atomic mass is 16.6. The summed E-state index contributed by atoms with van der Waals surface area (Å²) >= 11 is 0. The summed E-state index contributed by atoms with van der Waals surface area (Å²) in [5, 5.41) is 12.1. The molecule has 162 valence electrons. The number of ether oxygens (including phenoxy) is 3. The third-order valence-corrected chi connectivity index (χ3v) is 4.66. The number of nitro benzene ring substituents is 1. The first kappa shape index (κ1) is 21.8. The molecule has 0 aliphatic rings. The van der Waals surface area contributed by atoms with Crippen molar-refractivity contribution in [3.8, 4) is 11.5 Å². The van der Waals surface area contributed by atoms with Gasteiger partial charge in [-0.05, 0) is 25.0 Å². The molecular formula is C22H21NO8. The van der Waals surface area contributed by atoms with Crippen LogP contribution in [-0.2, 0) is 17.8 Å². The normalized spacial score (nSPS) is 10.7. The fourth-order valence-electron chi connectivity index (χ4n) is 3.13. The van der Waals surface area contributed by atoms with Crippen LogP contribution in [0.3, 0.4) is 0 Å². The monoisotopic (exact) mass is 427 g/mol. The minimum atomic E-state index is -0.931. The van der Waals surface area contributed by atoms with Crippen molar-refractivity contribution < 1.29 is 28.3 Å². The van der Waals surface area contributed by atoms with Crippen LogP contribution in [-0.4, -0.2) is 24.6 Å². The van der Waals surface area contributed by atoms with Gasteiger partial charge in [-0.1, -0.05) is 19.1 Å². The molecule has 0 fully saturated rings. The maximum atomic E-state index is 12.7. The quantitative estimate of drug-likeness (QED) is 0.229. The van der Waals surface area contributed by atoms with Crippen molar-refractivity contribution in [2.75, 3.05) is 13.7 Å². The Bertz CT molecular complexity index is 1200. The van der Waals surface area contributed by atoms with Gasteiger partial charge in [0, 0.05) is 23.1 Å². The van der Waals surface area contributed by atoms with E-state index in [0.717, 1.165) is 18.1 Å². The molecule has 0 aliphatic carbocycles. The van der Waals surface area contributed by atoms with Gasteiger partial charge >= 0.3 is 11.6 Å². The average Bonchev–Trinajstić information content (AvgIpc) is 2.76. The molecule has 0 saturated carbocycles. The number of hydrogen-bond acceptors (Lipinski definition) is 8.